The molecule has 0 aromatic heterocycles. The molecule has 180 valence electrons. The number of carbonyl (C=O) groups excluding carboxylic acids is 3. The van der Waals surface area contributed by atoms with Crippen molar-refractivity contribution in [3.05, 3.63) is 34.9 Å². The molecule has 0 bridgehead atoms. The number of benzene rings is 1. The molecule has 0 spiro atoms. The molecular formula is C25H41N3O4. The van der Waals surface area contributed by atoms with Crippen LogP contribution in [-0.4, -0.2) is 47.5 Å². The zero-order chi connectivity index (χ0) is 24.5. The van der Waals surface area contributed by atoms with E-state index in [2.05, 4.69) is 17.6 Å². The number of aryl methyl sites for hydroxylation is 2. The molecule has 0 heterocycles. The zero-order valence-corrected chi connectivity index (χ0v) is 21.0. The Labute approximate surface area is 193 Å². The van der Waals surface area contributed by atoms with Gasteiger partial charge in [-0.25, -0.2) is 4.79 Å². The van der Waals surface area contributed by atoms with Crippen molar-refractivity contribution in [2.45, 2.75) is 92.3 Å². The molecule has 0 aliphatic carbocycles. The zero-order valence-electron chi connectivity index (χ0n) is 21.0. The van der Waals surface area contributed by atoms with Crippen LogP contribution in [-0.2, 0) is 14.3 Å². The van der Waals surface area contributed by atoms with E-state index in [-0.39, 0.29) is 24.4 Å². The molecule has 1 rings (SSSR count). The molecule has 3 amide bonds. The van der Waals surface area contributed by atoms with Crippen molar-refractivity contribution in [3.8, 4) is 0 Å². The van der Waals surface area contributed by atoms with Gasteiger partial charge >= 0.3 is 6.09 Å². The number of amides is 3. The number of carbonyl (C=O) groups is 3. The number of rotatable bonds is 10. The summed E-state index contributed by atoms with van der Waals surface area (Å²) in [4.78, 5) is 40.2. The molecule has 0 saturated heterocycles. The van der Waals surface area contributed by atoms with E-state index in [1.165, 1.54) is 0 Å². The maximum atomic E-state index is 13.3. The molecule has 0 saturated carbocycles. The van der Waals surface area contributed by atoms with Crippen LogP contribution in [0, 0.1) is 13.8 Å². The fourth-order valence-electron chi connectivity index (χ4n) is 3.44. The van der Waals surface area contributed by atoms with Crippen LogP contribution in [0.25, 0.3) is 0 Å². The lowest BCUT2D eigenvalue weighted by molar-refractivity contribution is -0.140. The van der Waals surface area contributed by atoms with Gasteiger partial charge in [-0.2, -0.15) is 0 Å². The molecule has 1 aromatic carbocycles. The quantitative estimate of drug-likeness (QED) is 0.520. The van der Waals surface area contributed by atoms with Crippen molar-refractivity contribution in [3.63, 3.8) is 0 Å². The van der Waals surface area contributed by atoms with Gasteiger partial charge in [0.1, 0.15) is 18.2 Å². The van der Waals surface area contributed by atoms with Gasteiger partial charge in [-0.15, -0.1) is 0 Å². The number of unbranched alkanes of at least 4 members (excludes halogenated alkanes) is 2. The highest BCUT2D eigenvalue weighted by molar-refractivity contribution is 5.90. The van der Waals surface area contributed by atoms with Crippen LogP contribution in [0.1, 0.15) is 83.5 Å². The second-order valence-corrected chi connectivity index (χ2v) is 9.58. The van der Waals surface area contributed by atoms with Crippen molar-refractivity contribution in [2.75, 3.05) is 13.1 Å². The summed E-state index contributed by atoms with van der Waals surface area (Å²) in [5.41, 5.74) is 2.16. The topological polar surface area (TPSA) is 87.7 Å². The average Bonchev–Trinajstić information content (AvgIpc) is 2.64. The Morgan fingerprint density at radius 1 is 1.09 bits per heavy atom. The lowest BCUT2D eigenvalue weighted by Gasteiger charge is -2.33. The summed E-state index contributed by atoms with van der Waals surface area (Å²) in [7, 11) is 0. The van der Waals surface area contributed by atoms with E-state index in [1.807, 2.05) is 45.9 Å². The van der Waals surface area contributed by atoms with E-state index in [4.69, 9.17) is 4.74 Å². The summed E-state index contributed by atoms with van der Waals surface area (Å²) >= 11 is 0. The number of hydrogen-bond acceptors (Lipinski definition) is 4. The van der Waals surface area contributed by atoms with Crippen molar-refractivity contribution in [1.29, 1.82) is 0 Å². The summed E-state index contributed by atoms with van der Waals surface area (Å²) in [6.45, 7) is 15.3. The highest BCUT2D eigenvalue weighted by Crippen LogP contribution is 2.26. The second kappa shape index (κ2) is 12.5. The first-order valence-corrected chi connectivity index (χ1v) is 11.5. The van der Waals surface area contributed by atoms with Gasteiger partial charge in [0.25, 0.3) is 0 Å². The number of ether oxygens (including phenoxy) is 1. The van der Waals surface area contributed by atoms with E-state index >= 15 is 0 Å². The van der Waals surface area contributed by atoms with Gasteiger partial charge in [0.05, 0.1) is 0 Å². The highest BCUT2D eigenvalue weighted by atomic mass is 16.6. The minimum Gasteiger partial charge on any atom is -0.444 e. The molecule has 1 atom stereocenters. The fourth-order valence-corrected chi connectivity index (χ4v) is 3.44. The SMILES string of the molecule is CCCCCN(C(=O)CNC(=O)OC(C)(C)C)C(C(=O)NC(C)C)c1ccc(C)cc1C. The normalized spacial score (nSPS) is 12.3. The Morgan fingerprint density at radius 3 is 2.28 bits per heavy atom. The largest absolute Gasteiger partial charge is 0.444 e. The van der Waals surface area contributed by atoms with Crippen LogP contribution in [0.15, 0.2) is 18.2 Å². The predicted molar refractivity (Wildman–Crippen MR) is 127 cm³/mol. The smallest absolute Gasteiger partial charge is 0.408 e. The van der Waals surface area contributed by atoms with E-state index in [0.717, 1.165) is 36.0 Å². The fraction of sp³-hybridized carbons (Fsp3) is 0.640. The number of nitrogens with one attached hydrogen (secondary N) is 2. The molecule has 7 nitrogen and oxygen atoms in total. The number of hydrogen-bond donors (Lipinski definition) is 2. The monoisotopic (exact) mass is 447 g/mol. The Kier molecular flexibility index (Phi) is 10.7. The standard InChI is InChI=1S/C25H41N3O4/c1-9-10-11-14-28(21(29)16-26-24(31)32-25(6,7)8)22(23(30)27-17(2)3)20-13-12-18(4)15-19(20)5/h12-13,15,17,22H,9-11,14,16H2,1-8H3,(H,26,31)(H,27,30). The van der Waals surface area contributed by atoms with Gasteiger partial charge in [-0.05, 0) is 66.0 Å². The van der Waals surface area contributed by atoms with Gasteiger partial charge in [0, 0.05) is 12.6 Å². The minimum absolute atomic E-state index is 0.0664. The Balaban J connectivity index is 3.24. The van der Waals surface area contributed by atoms with E-state index < -0.39 is 17.7 Å². The van der Waals surface area contributed by atoms with Gasteiger partial charge in [0.2, 0.25) is 11.8 Å². The van der Waals surface area contributed by atoms with E-state index in [9.17, 15) is 14.4 Å². The molecule has 1 aromatic rings. The summed E-state index contributed by atoms with van der Waals surface area (Å²) in [6, 6.07) is 5.03. The van der Waals surface area contributed by atoms with Crippen LogP contribution < -0.4 is 10.6 Å². The summed E-state index contributed by atoms with van der Waals surface area (Å²) < 4.78 is 5.24. The first-order valence-electron chi connectivity index (χ1n) is 11.5. The predicted octanol–water partition coefficient (Wildman–Crippen LogP) is 4.41. The number of nitrogens with zero attached hydrogens (tertiary/aromatic N) is 1. The average molecular weight is 448 g/mol. The molecule has 0 fully saturated rings. The molecule has 0 aliphatic rings. The first kappa shape index (κ1) is 27.5. The summed E-state index contributed by atoms with van der Waals surface area (Å²) in [5.74, 6) is -0.551. The third kappa shape index (κ3) is 9.28. The molecular weight excluding hydrogens is 406 g/mol. The van der Waals surface area contributed by atoms with Crippen molar-refractivity contribution in [1.82, 2.24) is 15.5 Å². The van der Waals surface area contributed by atoms with Gasteiger partial charge in [-0.1, -0.05) is 43.5 Å². The maximum absolute atomic E-state index is 13.3. The highest BCUT2D eigenvalue weighted by Gasteiger charge is 2.32. The second-order valence-electron chi connectivity index (χ2n) is 9.58. The third-order valence-corrected chi connectivity index (χ3v) is 4.82. The van der Waals surface area contributed by atoms with Crippen LogP contribution in [0.2, 0.25) is 0 Å². The minimum atomic E-state index is -0.775. The summed E-state index contributed by atoms with van der Waals surface area (Å²) in [6.07, 6.45) is 2.04. The van der Waals surface area contributed by atoms with Crippen LogP contribution in [0.5, 0.6) is 0 Å². The Bertz CT molecular complexity index is 784. The van der Waals surface area contributed by atoms with Gasteiger partial charge in [-0.3, -0.25) is 9.59 Å². The third-order valence-electron chi connectivity index (χ3n) is 4.82. The lowest BCUT2D eigenvalue weighted by Crippen LogP contribution is -2.49. The Hall–Kier alpha value is -2.57. The molecule has 0 radical (unpaired) electrons. The van der Waals surface area contributed by atoms with Gasteiger partial charge in [0.15, 0.2) is 0 Å². The van der Waals surface area contributed by atoms with Crippen molar-refractivity contribution >= 4 is 17.9 Å². The van der Waals surface area contributed by atoms with Crippen LogP contribution in [0.3, 0.4) is 0 Å². The van der Waals surface area contributed by atoms with Crippen LogP contribution >= 0.6 is 0 Å². The molecule has 32 heavy (non-hydrogen) atoms. The van der Waals surface area contributed by atoms with Crippen molar-refractivity contribution < 1.29 is 19.1 Å². The first-order chi connectivity index (χ1) is 14.9. The van der Waals surface area contributed by atoms with E-state index in [1.54, 1.807) is 25.7 Å². The lowest BCUT2D eigenvalue weighted by atomic mass is 9.96. The van der Waals surface area contributed by atoms with E-state index in [0.29, 0.717) is 6.54 Å². The maximum Gasteiger partial charge on any atom is 0.408 e. The number of alkyl carbamates (subject to hydrolysis) is 1. The van der Waals surface area contributed by atoms with Crippen molar-refractivity contribution in [2.24, 2.45) is 0 Å². The molecule has 2 N–H and O–H groups in total. The molecule has 0 aliphatic heterocycles. The molecule has 1 unspecified atom stereocenters. The van der Waals surface area contributed by atoms with Gasteiger partial charge < -0.3 is 20.3 Å². The molecule has 7 heteroatoms. The Morgan fingerprint density at radius 2 is 1.75 bits per heavy atom. The van der Waals surface area contributed by atoms with Crippen LogP contribution in [0.4, 0.5) is 4.79 Å². The summed E-state index contributed by atoms with van der Waals surface area (Å²) in [5, 5.41) is 5.50.